The Labute approximate surface area is 325 Å². The minimum Gasteiger partial charge on any atom is -0.456 e. The average Bonchev–Trinajstić information content (AvgIpc) is 3.96. The first-order valence-corrected chi connectivity index (χ1v) is 19.0. The molecule has 0 saturated heterocycles. The topological polar surface area (TPSA) is 69.9 Å². The first-order valence-electron chi connectivity index (χ1n) is 19.0. The molecule has 0 aliphatic carbocycles. The first-order chi connectivity index (χ1) is 28.3. The molecule has 0 fully saturated rings. The fourth-order valence-electron chi connectivity index (χ4n) is 8.53. The van der Waals surface area contributed by atoms with Gasteiger partial charge < -0.3 is 8.83 Å². The van der Waals surface area contributed by atoms with Gasteiger partial charge in [0.05, 0.1) is 16.4 Å². The summed E-state index contributed by atoms with van der Waals surface area (Å²) in [5.41, 5.74) is 11.2. The summed E-state index contributed by atoms with van der Waals surface area (Å²) in [6.45, 7) is 0. The predicted octanol–water partition coefficient (Wildman–Crippen LogP) is 13.4. The third-order valence-corrected chi connectivity index (χ3v) is 11.1. The monoisotopic (exact) mass is 730 g/mol. The van der Waals surface area contributed by atoms with E-state index in [1.165, 1.54) is 0 Å². The normalized spacial score (nSPS) is 11.9. The molecule has 12 aromatic rings. The van der Waals surface area contributed by atoms with Crippen LogP contribution in [0.1, 0.15) is 0 Å². The third kappa shape index (κ3) is 4.87. The standard InChI is InChI=1S/C51H30N4O2/c1-4-15-31(16-5-1)35-23-14-24-39-46-43(57-48(35)39)28-27-37-36-21-10-12-25-41(36)55(47(37)46)51-53-49(33-19-8-3-9-20-33)52-50(54-51)34-29-40(32-17-6-2-7-18-32)45-38-22-11-13-26-42(38)56-44(45)30-34/h1-30H. The van der Waals surface area contributed by atoms with E-state index in [1.54, 1.807) is 0 Å². The van der Waals surface area contributed by atoms with E-state index in [9.17, 15) is 0 Å². The SMILES string of the molecule is c1ccc(-c2nc(-c3cc(-c4ccccc4)c4c(c3)oc3ccccc34)nc(-n3c4ccccc4c4ccc5oc6c(-c7ccccc7)cccc6c5c43)n2)cc1. The van der Waals surface area contributed by atoms with Gasteiger partial charge in [0, 0.05) is 43.6 Å². The largest absolute Gasteiger partial charge is 0.456 e. The number of furan rings is 2. The van der Waals surface area contributed by atoms with Gasteiger partial charge in [-0.05, 0) is 53.1 Å². The van der Waals surface area contributed by atoms with Gasteiger partial charge in [0.1, 0.15) is 22.3 Å². The number of rotatable bonds is 5. The van der Waals surface area contributed by atoms with Crippen LogP contribution < -0.4 is 0 Å². The van der Waals surface area contributed by atoms with Crippen molar-refractivity contribution < 1.29 is 8.83 Å². The molecule has 0 bridgehead atoms. The Hall–Kier alpha value is -7.83. The maximum atomic E-state index is 6.76. The van der Waals surface area contributed by atoms with E-state index >= 15 is 0 Å². The van der Waals surface area contributed by atoms with Crippen LogP contribution in [0.25, 0.3) is 117 Å². The van der Waals surface area contributed by atoms with Gasteiger partial charge in [-0.15, -0.1) is 0 Å². The van der Waals surface area contributed by atoms with Gasteiger partial charge in [0.15, 0.2) is 11.6 Å². The molecule has 0 unspecified atom stereocenters. The highest BCUT2D eigenvalue weighted by molar-refractivity contribution is 6.25. The smallest absolute Gasteiger partial charge is 0.238 e. The molecule has 0 aliphatic rings. The van der Waals surface area contributed by atoms with Crippen molar-refractivity contribution in [3.63, 3.8) is 0 Å². The fourth-order valence-corrected chi connectivity index (χ4v) is 8.53. The van der Waals surface area contributed by atoms with Gasteiger partial charge in [-0.1, -0.05) is 146 Å². The van der Waals surface area contributed by atoms with Crippen LogP contribution in [0.5, 0.6) is 0 Å². The van der Waals surface area contributed by atoms with Crippen molar-refractivity contribution in [2.24, 2.45) is 0 Å². The van der Waals surface area contributed by atoms with Crippen molar-refractivity contribution >= 4 is 65.7 Å². The van der Waals surface area contributed by atoms with Gasteiger partial charge in [-0.2, -0.15) is 9.97 Å². The van der Waals surface area contributed by atoms with Crippen LogP contribution in [-0.2, 0) is 0 Å². The molecule has 4 heterocycles. The molecule has 0 N–H and O–H groups in total. The van der Waals surface area contributed by atoms with Crippen molar-refractivity contribution in [2.45, 2.75) is 0 Å². The summed E-state index contributed by atoms with van der Waals surface area (Å²) in [6.07, 6.45) is 0. The predicted molar refractivity (Wildman–Crippen MR) is 230 cm³/mol. The van der Waals surface area contributed by atoms with Crippen LogP contribution in [0, 0.1) is 0 Å². The van der Waals surface area contributed by atoms with Crippen molar-refractivity contribution in [2.75, 3.05) is 0 Å². The van der Waals surface area contributed by atoms with Gasteiger partial charge in [0.2, 0.25) is 5.95 Å². The Morgan fingerprint density at radius 1 is 0.368 bits per heavy atom. The lowest BCUT2D eigenvalue weighted by molar-refractivity contribution is 0.669. The number of hydrogen-bond donors (Lipinski definition) is 0. The zero-order valence-corrected chi connectivity index (χ0v) is 30.4. The van der Waals surface area contributed by atoms with Gasteiger partial charge >= 0.3 is 0 Å². The third-order valence-electron chi connectivity index (χ3n) is 11.1. The van der Waals surface area contributed by atoms with E-state index in [0.29, 0.717) is 17.6 Å². The van der Waals surface area contributed by atoms with Crippen LogP contribution in [0.2, 0.25) is 0 Å². The second kappa shape index (κ2) is 12.3. The average molecular weight is 731 g/mol. The second-order valence-corrected chi connectivity index (χ2v) is 14.3. The molecular formula is C51H30N4O2. The summed E-state index contributed by atoms with van der Waals surface area (Å²) in [7, 11) is 0. The molecule has 8 aromatic carbocycles. The summed E-state index contributed by atoms with van der Waals surface area (Å²) in [6, 6.07) is 62.5. The molecule has 6 heteroatoms. The summed E-state index contributed by atoms with van der Waals surface area (Å²) in [5.74, 6) is 1.63. The Morgan fingerprint density at radius 2 is 1.00 bits per heavy atom. The number of fused-ring (bicyclic) bond motifs is 10. The van der Waals surface area contributed by atoms with Gasteiger partial charge in [-0.25, -0.2) is 4.98 Å². The number of para-hydroxylation sites is 3. The van der Waals surface area contributed by atoms with Crippen molar-refractivity contribution in [1.82, 2.24) is 19.5 Å². The van der Waals surface area contributed by atoms with Crippen molar-refractivity contribution in [3.8, 4) is 51.0 Å². The zero-order valence-electron chi connectivity index (χ0n) is 30.4. The van der Waals surface area contributed by atoms with Crippen LogP contribution in [0.15, 0.2) is 191 Å². The molecule has 6 nitrogen and oxygen atoms in total. The second-order valence-electron chi connectivity index (χ2n) is 14.3. The highest BCUT2D eigenvalue weighted by Gasteiger charge is 2.24. The van der Waals surface area contributed by atoms with Crippen molar-refractivity contribution in [1.29, 1.82) is 0 Å². The summed E-state index contributed by atoms with van der Waals surface area (Å²) < 4.78 is 15.5. The highest BCUT2D eigenvalue weighted by Crippen LogP contribution is 2.44. The van der Waals surface area contributed by atoms with E-state index in [0.717, 1.165) is 99.1 Å². The molecule has 0 atom stereocenters. The highest BCUT2D eigenvalue weighted by atomic mass is 16.3. The zero-order chi connectivity index (χ0) is 37.5. The summed E-state index contributed by atoms with van der Waals surface area (Å²) in [4.78, 5) is 15.8. The Bertz CT molecular complexity index is 3510. The number of aromatic nitrogens is 4. The van der Waals surface area contributed by atoms with Gasteiger partial charge in [0.25, 0.3) is 0 Å². The lowest BCUT2D eigenvalue weighted by atomic mass is 9.97. The number of nitrogens with zero attached hydrogens (tertiary/aromatic N) is 4. The van der Waals surface area contributed by atoms with E-state index in [1.807, 2.05) is 54.6 Å². The summed E-state index contributed by atoms with van der Waals surface area (Å²) >= 11 is 0. The lowest BCUT2D eigenvalue weighted by Gasteiger charge is -2.12. The van der Waals surface area contributed by atoms with E-state index in [4.69, 9.17) is 23.8 Å². The minimum atomic E-state index is 0.511. The van der Waals surface area contributed by atoms with Crippen LogP contribution in [0.4, 0.5) is 0 Å². The summed E-state index contributed by atoms with van der Waals surface area (Å²) in [5, 5.41) is 6.35. The molecule has 12 rings (SSSR count). The van der Waals surface area contributed by atoms with E-state index < -0.39 is 0 Å². The molecule has 0 radical (unpaired) electrons. The number of hydrogen-bond acceptors (Lipinski definition) is 5. The minimum absolute atomic E-state index is 0.511. The lowest BCUT2D eigenvalue weighted by Crippen LogP contribution is -2.06. The quantitative estimate of drug-likeness (QED) is 0.176. The number of benzene rings is 8. The first kappa shape index (κ1) is 31.5. The molecule has 4 aromatic heterocycles. The molecular weight excluding hydrogens is 701 g/mol. The van der Waals surface area contributed by atoms with Crippen LogP contribution in [-0.4, -0.2) is 19.5 Å². The van der Waals surface area contributed by atoms with Crippen LogP contribution >= 0.6 is 0 Å². The Balaban J connectivity index is 1.18. The molecule has 266 valence electrons. The van der Waals surface area contributed by atoms with E-state index in [-0.39, 0.29) is 0 Å². The fraction of sp³-hybridized carbons (Fsp3) is 0. The molecule has 0 aliphatic heterocycles. The Morgan fingerprint density at radius 3 is 1.77 bits per heavy atom. The maximum absolute atomic E-state index is 6.76. The molecule has 57 heavy (non-hydrogen) atoms. The van der Waals surface area contributed by atoms with Crippen molar-refractivity contribution in [3.05, 3.63) is 182 Å². The Kier molecular flexibility index (Phi) is 6.83. The molecule has 0 spiro atoms. The van der Waals surface area contributed by atoms with Crippen LogP contribution in [0.3, 0.4) is 0 Å². The van der Waals surface area contributed by atoms with E-state index in [2.05, 4.69) is 132 Å². The molecule has 0 saturated carbocycles. The maximum Gasteiger partial charge on any atom is 0.238 e. The molecule has 0 amide bonds. The van der Waals surface area contributed by atoms with Gasteiger partial charge in [-0.3, -0.25) is 4.57 Å².